The molecule has 4 nitrogen and oxygen atoms in total. The highest BCUT2D eigenvalue weighted by molar-refractivity contribution is 5.88. The van der Waals surface area contributed by atoms with Crippen LogP contribution in [-0.4, -0.2) is 16.1 Å². The maximum absolute atomic E-state index is 13.8. The molecular formula is C14H12F2N2O2. The van der Waals surface area contributed by atoms with Crippen molar-refractivity contribution in [3.05, 3.63) is 59.4 Å². The molecule has 1 heterocycles. The lowest BCUT2D eigenvalue weighted by molar-refractivity contribution is 0.0696. The molecule has 0 aliphatic heterocycles. The minimum Gasteiger partial charge on any atom is -0.478 e. The van der Waals surface area contributed by atoms with Crippen molar-refractivity contribution in [2.45, 2.75) is 13.0 Å². The zero-order chi connectivity index (χ0) is 14.7. The van der Waals surface area contributed by atoms with Crippen molar-refractivity contribution < 1.29 is 18.7 Å². The summed E-state index contributed by atoms with van der Waals surface area (Å²) in [6, 6.07) is 6.35. The molecule has 1 unspecified atom stereocenters. The van der Waals surface area contributed by atoms with Crippen LogP contribution < -0.4 is 5.32 Å². The Kier molecular flexibility index (Phi) is 3.93. The van der Waals surface area contributed by atoms with Gasteiger partial charge in [0.15, 0.2) is 0 Å². The Morgan fingerprint density at radius 2 is 1.95 bits per heavy atom. The average Bonchev–Trinajstić information content (AvgIpc) is 2.43. The summed E-state index contributed by atoms with van der Waals surface area (Å²) in [5, 5.41) is 11.4. The third-order valence-electron chi connectivity index (χ3n) is 2.78. The Morgan fingerprint density at radius 3 is 2.45 bits per heavy atom. The first-order valence-electron chi connectivity index (χ1n) is 5.89. The summed E-state index contributed by atoms with van der Waals surface area (Å²) in [6.07, 6.45) is 1.58. The molecule has 0 amide bonds. The average molecular weight is 278 g/mol. The zero-order valence-corrected chi connectivity index (χ0v) is 10.6. The Morgan fingerprint density at radius 1 is 1.30 bits per heavy atom. The van der Waals surface area contributed by atoms with Gasteiger partial charge >= 0.3 is 5.97 Å². The van der Waals surface area contributed by atoms with Gasteiger partial charge in [0.2, 0.25) is 0 Å². The minimum absolute atomic E-state index is 0.367. The van der Waals surface area contributed by atoms with E-state index in [9.17, 15) is 13.6 Å². The highest BCUT2D eigenvalue weighted by atomic mass is 19.1. The first-order valence-corrected chi connectivity index (χ1v) is 5.89. The zero-order valence-electron chi connectivity index (χ0n) is 10.6. The SMILES string of the molecule is CC(Nc1c(F)cc(C(=O)O)cc1F)c1ccccn1. The van der Waals surface area contributed by atoms with Crippen molar-refractivity contribution in [1.82, 2.24) is 4.98 Å². The van der Waals surface area contributed by atoms with Crippen LogP contribution >= 0.6 is 0 Å². The van der Waals surface area contributed by atoms with Gasteiger partial charge < -0.3 is 10.4 Å². The number of pyridine rings is 1. The number of benzene rings is 1. The largest absolute Gasteiger partial charge is 0.478 e. The molecule has 0 spiro atoms. The molecule has 2 N–H and O–H groups in total. The fraction of sp³-hybridized carbons (Fsp3) is 0.143. The summed E-state index contributed by atoms with van der Waals surface area (Å²) in [5.41, 5.74) is -0.183. The summed E-state index contributed by atoms with van der Waals surface area (Å²) in [6.45, 7) is 1.70. The van der Waals surface area contributed by atoms with Gasteiger partial charge in [-0.3, -0.25) is 4.98 Å². The molecule has 0 radical (unpaired) electrons. The maximum Gasteiger partial charge on any atom is 0.335 e. The molecule has 1 aromatic carbocycles. The first-order chi connectivity index (χ1) is 9.49. The number of anilines is 1. The molecule has 0 fully saturated rings. The highest BCUT2D eigenvalue weighted by Crippen LogP contribution is 2.25. The molecule has 0 saturated carbocycles. The van der Waals surface area contributed by atoms with Gasteiger partial charge in [-0.05, 0) is 31.2 Å². The number of nitrogens with zero attached hydrogens (tertiary/aromatic N) is 1. The second-order valence-electron chi connectivity index (χ2n) is 4.24. The molecule has 0 saturated heterocycles. The number of halogens is 2. The number of aromatic nitrogens is 1. The summed E-state index contributed by atoms with van der Waals surface area (Å²) in [4.78, 5) is 14.8. The molecule has 2 rings (SSSR count). The van der Waals surface area contributed by atoms with Crippen LogP contribution in [0.2, 0.25) is 0 Å². The Bertz CT molecular complexity index is 609. The molecule has 1 aromatic heterocycles. The normalized spacial score (nSPS) is 11.9. The van der Waals surface area contributed by atoms with Gasteiger partial charge in [-0.25, -0.2) is 13.6 Å². The summed E-state index contributed by atoms with van der Waals surface area (Å²) >= 11 is 0. The van der Waals surface area contributed by atoms with E-state index < -0.39 is 29.2 Å². The topological polar surface area (TPSA) is 62.2 Å². The van der Waals surface area contributed by atoms with Gasteiger partial charge in [0.05, 0.1) is 17.3 Å². The number of hydrogen-bond acceptors (Lipinski definition) is 3. The van der Waals surface area contributed by atoms with Crippen LogP contribution in [0.3, 0.4) is 0 Å². The van der Waals surface area contributed by atoms with E-state index >= 15 is 0 Å². The highest BCUT2D eigenvalue weighted by Gasteiger charge is 2.17. The smallest absolute Gasteiger partial charge is 0.335 e. The van der Waals surface area contributed by atoms with Gasteiger partial charge in [0, 0.05) is 6.20 Å². The molecule has 20 heavy (non-hydrogen) atoms. The molecular weight excluding hydrogens is 266 g/mol. The Hall–Kier alpha value is -2.50. The predicted molar refractivity (Wildman–Crippen MR) is 69.6 cm³/mol. The molecule has 104 valence electrons. The van der Waals surface area contributed by atoms with Crippen molar-refractivity contribution in [2.24, 2.45) is 0 Å². The number of rotatable bonds is 4. The van der Waals surface area contributed by atoms with E-state index in [1.54, 1.807) is 31.3 Å². The number of nitrogens with one attached hydrogen (secondary N) is 1. The molecule has 0 aliphatic rings. The minimum atomic E-state index is -1.38. The van der Waals surface area contributed by atoms with E-state index in [2.05, 4.69) is 10.3 Å². The standard InChI is InChI=1S/C14H12F2N2O2/c1-8(12-4-2-3-5-17-12)18-13-10(15)6-9(14(19)20)7-11(13)16/h2-8,18H,1H3,(H,19,20). The second-order valence-corrected chi connectivity index (χ2v) is 4.24. The van der Waals surface area contributed by atoms with E-state index in [0.717, 1.165) is 12.1 Å². The Labute approximate surface area is 114 Å². The monoisotopic (exact) mass is 278 g/mol. The molecule has 2 aromatic rings. The van der Waals surface area contributed by atoms with Crippen LogP contribution in [0.1, 0.15) is 29.0 Å². The van der Waals surface area contributed by atoms with Crippen LogP contribution in [0, 0.1) is 11.6 Å². The van der Waals surface area contributed by atoms with E-state index in [-0.39, 0.29) is 5.69 Å². The van der Waals surface area contributed by atoms with E-state index in [4.69, 9.17) is 5.11 Å². The summed E-state index contributed by atoms with van der Waals surface area (Å²) < 4.78 is 27.5. The van der Waals surface area contributed by atoms with E-state index in [1.165, 1.54) is 0 Å². The van der Waals surface area contributed by atoms with Crippen molar-refractivity contribution in [2.75, 3.05) is 5.32 Å². The fourth-order valence-electron chi connectivity index (χ4n) is 1.76. The van der Waals surface area contributed by atoms with Crippen LogP contribution in [0.15, 0.2) is 36.5 Å². The van der Waals surface area contributed by atoms with Gasteiger partial charge in [0.1, 0.15) is 17.3 Å². The summed E-state index contributed by atoms with van der Waals surface area (Å²) in [7, 11) is 0. The van der Waals surface area contributed by atoms with Gasteiger partial charge in [-0.2, -0.15) is 0 Å². The predicted octanol–water partition coefficient (Wildman–Crippen LogP) is 3.23. The fourth-order valence-corrected chi connectivity index (χ4v) is 1.76. The van der Waals surface area contributed by atoms with Crippen molar-refractivity contribution in [1.29, 1.82) is 0 Å². The lowest BCUT2D eigenvalue weighted by atomic mass is 10.1. The molecule has 1 atom stereocenters. The number of hydrogen-bond donors (Lipinski definition) is 2. The van der Waals surface area contributed by atoms with Gasteiger partial charge in [0.25, 0.3) is 0 Å². The van der Waals surface area contributed by atoms with Crippen molar-refractivity contribution >= 4 is 11.7 Å². The third-order valence-corrected chi connectivity index (χ3v) is 2.78. The van der Waals surface area contributed by atoms with E-state index in [1.807, 2.05) is 0 Å². The third kappa shape index (κ3) is 2.90. The number of carbonyl (C=O) groups is 1. The quantitative estimate of drug-likeness (QED) is 0.901. The van der Waals surface area contributed by atoms with Gasteiger partial charge in [-0.1, -0.05) is 6.07 Å². The van der Waals surface area contributed by atoms with Crippen molar-refractivity contribution in [3.8, 4) is 0 Å². The van der Waals surface area contributed by atoms with Crippen LogP contribution in [-0.2, 0) is 0 Å². The van der Waals surface area contributed by atoms with Gasteiger partial charge in [-0.15, -0.1) is 0 Å². The van der Waals surface area contributed by atoms with Crippen LogP contribution in [0.25, 0.3) is 0 Å². The lowest BCUT2D eigenvalue weighted by Gasteiger charge is -2.16. The van der Waals surface area contributed by atoms with Crippen LogP contribution in [0.4, 0.5) is 14.5 Å². The molecule has 0 bridgehead atoms. The van der Waals surface area contributed by atoms with Crippen molar-refractivity contribution in [3.63, 3.8) is 0 Å². The summed E-state index contributed by atoms with van der Waals surface area (Å²) in [5.74, 6) is -3.29. The number of aromatic carboxylic acids is 1. The maximum atomic E-state index is 13.8. The molecule has 6 heteroatoms. The number of carboxylic acids is 1. The Balaban J connectivity index is 2.28. The molecule has 0 aliphatic carbocycles. The lowest BCUT2D eigenvalue weighted by Crippen LogP contribution is -2.12. The second kappa shape index (κ2) is 5.64. The number of carboxylic acid groups (broad SMARTS) is 1. The first kappa shape index (κ1) is 13.9. The van der Waals surface area contributed by atoms with E-state index in [0.29, 0.717) is 5.69 Å². The van der Waals surface area contributed by atoms with Crippen LogP contribution in [0.5, 0.6) is 0 Å².